The number of phenols is 1. The Balaban J connectivity index is 2.09. The van der Waals surface area contributed by atoms with Crippen LogP contribution in [0.2, 0.25) is 0 Å². The van der Waals surface area contributed by atoms with Crippen molar-refractivity contribution in [1.29, 1.82) is 5.26 Å². The van der Waals surface area contributed by atoms with Crippen molar-refractivity contribution in [3.63, 3.8) is 0 Å². The highest BCUT2D eigenvalue weighted by molar-refractivity contribution is 9.10. The molecule has 0 amide bonds. The Kier molecular flexibility index (Phi) is 4.24. The van der Waals surface area contributed by atoms with E-state index in [2.05, 4.69) is 15.9 Å². The zero-order valence-electron chi connectivity index (χ0n) is 14.5. The first kappa shape index (κ1) is 17.9. The van der Waals surface area contributed by atoms with Gasteiger partial charge in [0.25, 0.3) is 0 Å². The topological polar surface area (TPSA) is 119 Å². The Hall–Kier alpha value is -3.44. The monoisotopic (exact) mass is 440 g/mol. The van der Waals surface area contributed by atoms with Crippen molar-refractivity contribution in [2.75, 3.05) is 7.11 Å². The van der Waals surface area contributed by atoms with Crippen molar-refractivity contribution in [3.8, 4) is 23.3 Å². The summed E-state index contributed by atoms with van der Waals surface area (Å²) >= 11 is 3.27. The largest absolute Gasteiger partial charge is 0.503 e. The average Bonchev–Trinajstić information content (AvgIpc) is 2.69. The first-order chi connectivity index (χ1) is 13.5. The summed E-state index contributed by atoms with van der Waals surface area (Å²) in [6, 6.07) is 12.1. The van der Waals surface area contributed by atoms with Crippen LogP contribution in [0.15, 0.2) is 61.5 Å². The molecule has 140 valence electrons. The van der Waals surface area contributed by atoms with Gasteiger partial charge >= 0.3 is 5.63 Å². The molecule has 3 N–H and O–H groups in total. The lowest BCUT2D eigenvalue weighted by Gasteiger charge is -2.26. The number of aromatic hydroxyl groups is 1. The highest BCUT2D eigenvalue weighted by atomic mass is 79.9. The molecule has 0 saturated heterocycles. The van der Waals surface area contributed by atoms with E-state index in [9.17, 15) is 15.2 Å². The molecule has 0 aliphatic carbocycles. The number of nitrogens with two attached hydrogens (primary N) is 1. The van der Waals surface area contributed by atoms with Crippen molar-refractivity contribution < 1.29 is 19.0 Å². The van der Waals surface area contributed by atoms with E-state index in [1.807, 2.05) is 6.07 Å². The quantitative estimate of drug-likeness (QED) is 0.585. The maximum Gasteiger partial charge on any atom is 0.344 e. The number of hydrogen-bond donors (Lipinski definition) is 2. The summed E-state index contributed by atoms with van der Waals surface area (Å²) in [5, 5.41) is 20.4. The van der Waals surface area contributed by atoms with Gasteiger partial charge in [-0.15, -0.1) is 0 Å². The molecule has 0 radical (unpaired) electrons. The summed E-state index contributed by atoms with van der Waals surface area (Å²) in [4.78, 5) is 12.8. The fourth-order valence-electron chi connectivity index (χ4n) is 3.32. The molecule has 4 rings (SSSR count). The van der Waals surface area contributed by atoms with Gasteiger partial charge in [0.2, 0.25) is 5.88 Å². The second kappa shape index (κ2) is 6.62. The third-order valence-corrected chi connectivity index (χ3v) is 5.18. The third-order valence-electron chi connectivity index (χ3n) is 4.58. The molecule has 3 aromatic rings. The summed E-state index contributed by atoms with van der Waals surface area (Å²) in [7, 11) is 1.40. The van der Waals surface area contributed by atoms with Gasteiger partial charge in [-0.25, -0.2) is 4.79 Å². The number of halogens is 1. The Morgan fingerprint density at radius 1 is 1.32 bits per heavy atom. The van der Waals surface area contributed by atoms with Crippen LogP contribution in [0, 0.1) is 11.3 Å². The molecule has 0 fully saturated rings. The fourth-order valence-corrected chi connectivity index (χ4v) is 3.78. The minimum Gasteiger partial charge on any atom is -0.503 e. The first-order valence-corrected chi connectivity index (χ1v) is 8.95. The predicted molar refractivity (Wildman–Crippen MR) is 104 cm³/mol. The van der Waals surface area contributed by atoms with Crippen LogP contribution >= 0.6 is 15.9 Å². The number of phenolic OH excluding ortho intramolecular Hbond substituents is 1. The zero-order valence-corrected chi connectivity index (χ0v) is 16.1. The summed E-state index contributed by atoms with van der Waals surface area (Å²) in [6.45, 7) is 0. The average molecular weight is 441 g/mol. The number of hydrogen-bond acceptors (Lipinski definition) is 7. The predicted octanol–water partition coefficient (Wildman–Crippen LogP) is 3.49. The van der Waals surface area contributed by atoms with Crippen LogP contribution in [0.25, 0.3) is 11.0 Å². The van der Waals surface area contributed by atoms with Crippen molar-refractivity contribution in [2.24, 2.45) is 5.73 Å². The van der Waals surface area contributed by atoms with Gasteiger partial charge < -0.3 is 24.7 Å². The number of nitrogens with zero attached hydrogens (tertiary/aromatic N) is 1. The number of benzene rings is 2. The Bertz CT molecular complexity index is 1260. The lowest BCUT2D eigenvalue weighted by atomic mass is 9.83. The normalized spacial score (nSPS) is 15.7. The Morgan fingerprint density at radius 2 is 2.07 bits per heavy atom. The maximum absolute atomic E-state index is 12.8. The van der Waals surface area contributed by atoms with E-state index in [-0.39, 0.29) is 34.3 Å². The summed E-state index contributed by atoms with van der Waals surface area (Å²) in [5.74, 6) is -0.617. The molecule has 2 heterocycles. The van der Waals surface area contributed by atoms with E-state index in [1.54, 1.807) is 36.4 Å². The molecule has 0 unspecified atom stereocenters. The van der Waals surface area contributed by atoms with Crippen LogP contribution < -0.4 is 20.8 Å². The van der Waals surface area contributed by atoms with Crippen LogP contribution in [0.5, 0.6) is 17.2 Å². The lowest BCUT2D eigenvalue weighted by molar-refractivity contribution is 0.370. The van der Waals surface area contributed by atoms with Gasteiger partial charge in [0.15, 0.2) is 17.2 Å². The molecule has 28 heavy (non-hydrogen) atoms. The SMILES string of the molecule is COc1cc([C@@H]2C(C#N)=C(N)Oc3c2c(=O)oc2ccccc32)cc(Br)c1O. The number of rotatable bonds is 2. The van der Waals surface area contributed by atoms with Gasteiger partial charge in [-0.2, -0.15) is 5.26 Å². The Labute approximate surface area is 167 Å². The molecule has 1 aromatic heterocycles. The molecule has 1 aliphatic heterocycles. The summed E-state index contributed by atoms with van der Waals surface area (Å²) in [5.41, 5.74) is 6.46. The van der Waals surface area contributed by atoms with E-state index in [0.29, 0.717) is 21.0 Å². The Morgan fingerprint density at radius 3 is 2.79 bits per heavy atom. The molecule has 0 spiro atoms. The van der Waals surface area contributed by atoms with Crippen molar-refractivity contribution in [3.05, 3.63) is 73.9 Å². The minimum absolute atomic E-state index is 0.0646. The molecular formula is C20H13BrN2O5. The van der Waals surface area contributed by atoms with Crippen LogP contribution in [0.4, 0.5) is 0 Å². The van der Waals surface area contributed by atoms with Crippen LogP contribution in [-0.2, 0) is 0 Å². The second-order valence-electron chi connectivity index (χ2n) is 6.11. The molecule has 1 atom stereocenters. The maximum atomic E-state index is 12.8. The van der Waals surface area contributed by atoms with E-state index < -0.39 is 11.5 Å². The molecule has 0 saturated carbocycles. The van der Waals surface area contributed by atoms with Gasteiger partial charge in [-0.1, -0.05) is 12.1 Å². The molecule has 0 bridgehead atoms. The van der Waals surface area contributed by atoms with E-state index in [1.165, 1.54) is 7.11 Å². The van der Waals surface area contributed by atoms with E-state index in [0.717, 1.165) is 0 Å². The molecule has 8 heteroatoms. The number of fused-ring (bicyclic) bond motifs is 3. The standard InChI is InChI=1S/C20H13BrN2O5/c1-26-14-7-9(6-12(21)17(14)24)15-11(8-22)19(23)28-18-10-4-2-3-5-13(10)27-20(25)16(15)18/h2-7,15,24H,23H2,1H3/t15-/m1/s1. The molecule has 1 aliphatic rings. The second-order valence-corrected chi connectivity index (χ2v) is 6.96. The van der Waals surface area contributed by atoms with Gasteiger partial charge in [0, 0.05) is 0 Å². The number of methoxy groups -OCH3 is 1. The first-order valence-electron chi connectivity index (χ1n) is 8.16. The highest BCUT2D eigenvalue weighted by Gasteiger charge is 2.36. The van der Waals surface area contributed by atoms with E-state index in [4.69, 9.17) is 19.6 Å². The van der Waals surface area contributed by atoms with Gasteiger partial charge in [-0.05, 0) is 45.8 Å². The van der Waals surface area contributed by atoms with Crippen LogP contribution in [0.1, 0.15) is 17.0 Å². The smallest absolute Gasteiger partial charge is 0.344 e. The van der Waals surface area contributed by atoms with Crippen molar-refractivity contribution in [1.82, 2.24) is 0 Å². The minimum atomic E-state index is -0.847. The molecular weight excluding hydrogens is 428 g/mol. The van der Waals surface area contributed by atoms with Crippen molar-refractivity contribution >= 4 is 26.9 Å². The number of nitriles is 1. The third kappa shape index (κ3) is 2.60. The fraction of sp³-hybridized carbons (Fsp3) is 0.100. The summed E-state index contributed by atoms with van der Waals surface area (Å²) < 4.78 is 16.7. The summed E-state index contributed by atoms with van der Waals surface area (Å²) in [6.07, 6.45) is 0. The molecule has 7 nitrogen and oxygen atoms in total. The van der Waals surface area contributed by atoms with Gasteiger partial charge in [-0.3, -0.25) is 0 Å². The van der Waals surface area contributed by atoms with E-state index >= 15 is 0 Å². The highest BCUT2D eigenvalue weighted by Crippen LogP contribution is 2.46. The number of allylic oxidation sites excluding steroid dienone is 1. The zero-order chi connectivity index (χ0) is 20.0. The number of para-hydroxylation sites is 1. The van der Waals surface area contributed by atoms with Crippen molar-refractivity contribution in [2.45, 2.75) is 5.92 Å². The lowest BCUT2D eigenvalue weighted by Crippen LogP contribution is -2.26. The molecule has 2 aromatic carbocycles. The number of ether oxygens (including phenoxy) is 2. The van der Waals surface area contributed by atoms with Crippen LogP contribution in [0.3, 0.4) is 0 Å². The van der Waals surface area contributed by atoms with Gasteiger partial charge in [0.05, 0.1) is 28.5 Å². The van der Waals surface area contributed by atoms with Gasteiger partial charge in [0.1, 0.15) is 17.2 Å². The van der Waals surface area contributed by atoms with Crippen LogP contribution in [-0.4, -0.2) is 12.2 Å².